The SMILES string of the molecule is O=C1O[C@]2(CCN(C(=O)c3ccc(Oc4cncc(Cl)n4)cc3Cl)C2)c2ccccc21. The molecule has 2 aromatic carbocycles. The lowest BCUT2D eigenvalue weighted by Crippen LogP contribution is -2.34. The second-order valence-electron chi connectivity index (χ2n) is 7.33. The minimum absolute atomic E-state index is 0.201. The normalized spacial score (nSPS) is 19.4. The lowest BCUT2D eigenvalue weighted by Gasteiger charge is -2.24. The van der Waals surface area contributed by atoms with Gasteiger partial charge >= 0.3 is 5.97 Å². The van der Waals surface area contributed by atoms with Gasteiger partial charge in [-0.2, -0.15) is 4.98 Å². The molecule has 1 aromatic heterocycles. The molecule has 0 saturated carbocycles. The van der Waals surface area contributed by atoms with Gasteiger partial charge in [0.2, 0.25) is 5.88 Å². The van der Waals surface area contributed by atoms with E-state index in [2.05, 4.69) is 9.97 Å². The first-order valence-electron chi connectivity index (χ1n) is 9.52. The number of amides is 1. The van der Waals surface area contributed by atoms with E-state index in [4.69, 9.17) is 32.7 Å². The standard InChI is InChI=1S/C22H15Cl2N3O4/c23-17-9-13(30-19-11-25-10-18(24)26-19)5-6-15(17)20(28)27-8-7-22(12-27)16-4-2-1-3-14(16)21(29)31-22/h1-6,9-11H,7-8,12H2/t22-/m0/s1. The van der Waals surface area contributed by atoms with Crippen molar-refractivity contribution in [2.75, 3.05) is 13.1 Å². The predicted octanol–water partition coefficient (Wildman–Crippen LogP) is 4.49. The van der Waals surface area contributed by atoms with Crippen LogP contribution in [-0.2, 0) is 10.3 Å². The quantitative estimate of drug-likeness (QED) is 0.541. The number of hydrogen-bond donors (Lipinski definition) is 0. The lowest BCUT2D eigenvalue weighted by molar-refractivity contribution is -0.00306. The summed E-state index contributed by atoms with van der Waals surface area (Å²) in [6.45, 7) is 0.731. The van der Waals surface area contributed by atoms with Crippen LogP contribution >= 0.6 is 23.2 Å². The zero-order chi connectivity index (χ0) is 21.6. The first-order chi connectivity index (χ1) is 14.9. The minimum Gasteiger partial charge on any atom is -0.449 e. The summed E-state index contributed by atoms with van der Waals surface area (Å²) in [5, 5.41) is 0.440. The fourth-order valence-corrected chi connectivity index (χ4v) is 4.39. The van der Waals surface area contributed by atoms with E-state index in [1.54, 1.807) is 29.2 Å². The number of aromatic nitrogens is 2. The predicted molar refractivity (Wildman–Crippen MR) is 113 cm³/mol. The van der Waals surface area contributed by atoms with Crippen LogP contribution in [0.1, 0.15) is 32.7 Å². The van der Waals surface area contributed by atoms with Crippen LogP contribution in [0.4, 0.5) is 0 Å². The molecule has 9 heteroatoms. The summed E-state index contributed by atoms with van der Waals surface area (Å²) in [7, 11) is 0. The molecule has 1 fully saturated rings. The Morgan fingerprint density at radius 3 is 2.81 bits per heavy atom. The average Bonchev–Trinajstić information content (AvgIpc) is 3.30. The monoisotopic (exact) mass is 455 g/mol. The average molecular weight is 456 g/mol. The van der Waals surface area contributed by atoms with Gasteiger partial charge in [0.05, 0.1) is 35.1 Å². The van der Waals surface area contributed by atoms with Crippen molar-refractivity contribution in [3.05, 3.63) is 81.7 Å². The van der Waals surface area contributed by atoms with Gasteiger partial charge in [0, 0.05) is 24.6 Å². The summed E-state index contributed by atoms with van der Waals surface area (Å²) in [4.78, 5) is 35.0. The number of benzene rings is 2. The number of fused-ring (bicyclic) bond motifs is 2. The molecule has 0 aliphatic carbocycles. The van der Waals surface area contributed by atoms with Crippen LogP contribution < -0.4 is 4.74 Å². The van der Waals surface area contributed by atoms with E-state index in [-0.39, 0.29) is 34.5 Å². The fourth-order valence-electron chi connectivity index (χ4n) is 4.00. The first kappa shape index (κ1) is 19.8. The Morgan fingerprint density at radius 1 is 1.16 bits per heavy atom. The highest BCUT2D eigenvalue weighted by molar-refractivity contribution is 6.34. The molecule has 3 aromatic rings. The molecular weight excluding hydrogens is 441 g/mol. The summed E-state index contributed by atoms with van der Waals surface area (Å²) < 4.78 is 11.3. The number of rotatable bonds is 3. The molecule has 3 heterocycles. The van der Waals surface area contributed by atoms with Crippen molar-refractivity contribution < 1.29 is 19.1 Å². The second kappa shape index (κ2) is 7.51. The van der Waals surface area contributed by atoms with E-state index in [0.29, 0.717) is 29.8 Å². The Balaban J connectivity index is 1.35. The highest BCUT2D eigenvalue weighted by Gasteiger charge is 2.51. The number of hydrogen-bond acceptors (Lipinski definition) is 6. The zero-order valence-corrected chi connectivity index (χ0v) is 17.6. The van der Waals surface area contributed by atoms with Crippen LogP contribution in [0.2, 0.25) is 10.2 Å². The highest BCUT2D eigenvalue weighted by Crippen LogP contribution is 2.43. The third-order valence-corrected chi connectivity index (χ3v) is 5.92. The van der Waals surface area contributed by atoms with E-state index >= 15 is 0 Å². The number of esters is 1. The topological polar surface area (TPSA) is 81.6 Å². The number of nitrogens with zero attached hydrogens (tertiary/aromatic N) is 3. The Labute approximate surface area is 187 Å². The maximum Gasteiger partial charge on any atom is 0.339 e. The number of ether oxygens (including phenoxy) is 2. The van der Waals surface area contributed by atoms with Crippen molar-refractivity contribution in [1.82, 2.24) is 14.9 Å². The van der Waals surface area contributed by atoms with E-state index in [0.717, 1.165) is 5.56 Å². The van der Waals surface area contributed by atoms with Gasteiger partial charge < -0.3 is 14.4 Å². The summed E-state index contributed by atoms with van der Waals surface area (Å²) in [5.41, 5.74) is 0.915. The molecule has 1 spiro atoms. The molecular formula is C22H15Cl2N3O4. The molecule has 0 radical (unpaired) electrons. The van der Waals surface area contributed by atoms with Gasteiger partial charge in [-0.05, 0) is 18.2 Å². The number of carbonyl (C=O) groups is 2. The van der Waals surface area contributed by atoms with Crippen molar-refractivity contribution in [1.29, 1.82) is 0 Å². The summed E-state index contributed by atoms with van der Waals surface area (Å²) >= 11 is 12.2. The number of likely N-dealkylation sites (tertiary alicyclic amines) is 1. The first-order valence-corrected chi connectivity index (χ1v) is 10.3. The van der Waals surface area contributed by atoms with Crippen LogP contribution in [-0.4, -0.2) is 39.8 Å². The van der Waals surface area contributed by atoms with Crippen molar-refractivity contribution in [3.63, 3.8) is 0 Å². The lowest BCUT2D eigenvalue weighted by atomic mass is 9.91. The second-order valence-corrected chi connectivity index (χ2v) is 8.12. The maximum atomic E-state index is 13.1. The Kier molecular flexibility index (Phi) is 4.79. The minimum atomic E-state index is -0.801. The van der Waals surface area contributed by atoms with Crippen molar-refractivity contribution in [2.45, 2.75) is 12.0 Å². The number of halogens is 2. The van der Waals surface area contributed by atoms with Crippen LogP contribution in [0, 0.1) is 0 Å². The summed E-state index contributed by atoms with van der Waals surface area (Å²) in [6.07, 6.45) is 3.35. The van der Waals surface area contributed by atoms with E-state index < -0.39 is 5.60 Å². The molecule has 156 valence electrons. The van der Waals surface area contributed by atoms with E-state index in [1.165, 1.54) is 18.5 Å². The van der Waals surface area contributed by atoms with Crippen molar-refractivity contribution in [2.24, 2.45) is 0 Å². The third kappa shape index (κ3) is 3.49. The van der Waals surface area contributed by atoms with Gasteiger partial charge in [-0.3, -0.25) is 9.78 Å². The molecule has 0 unspecified atom stereocenters. The van der Waals surface area contributed by atoms with Crippen molar-refractivity contribution in [3.8, 4) is 11.6 Å². The molecule has 2 aliphatic rings. The van der Waals surface area contributed by atoms with Gasteiger partial charge in [0.1, 0.15) is 5.75 Å². The molecule has 7 nitrogen and oxygen atoms in total. The van der Waals surface area contributed by atoms with Gasteiger partial charge in [-0.15, -0.1) is 0 Å². The van der Waals surface area contributed by atoms with Crippen LogP contribution in [0.5, 0.6) is 11.6 Å². The molecule has 0 bridgehead atoms. The highest BCUT2D eigenvalue weighted by atomic mass is 35.5. The summed E-state index contributed by atoms with van der Waals surface area (Å²) in [5.74, 6) is 0.0189. The van der Waals surface area contributed by atoms with Crippen LogP contribution in [0.3, 0.4) is 0 Å². The Morgan fingerprint density at radius 2 is 2.00 bits per heavy atom. The largest absolute Gasteiger partial charge is 0.449 e. The fraction of sp³-hybridized carbons (Fsp3) is 0.182. The smallest absolute Gasteiger partial charge is 0.339 e. The zero-order valence-electron chi connectivity index (χ0n) is 16.0. The van der Waals surface area contributed by atoms with Gasteiger partial charge in [0.15, 0.2) is 10.8 Å². The van der Waals surface area contributed by atoms with Gasteiger partial charge in [-0.25, -0.2) is 4.79 Å². The molecule has 5 rings (SSSR count). The maximum absolute atomic E-state index is 13.1. The molecule has 31 heavy (non-hydrogen) atoms. The molecule has 2 aliphatic heterocycles. The molecule has 1 atom stereocenters. The van der Waals surface area contributed by atoms with Gasteiger partial charge in [-0.1, -0.05) is 41.4 Å². The van der Waals surface area contributed by atoms with Crippen LogP contribution in [0.25, 0.3) is 0 Å². The molecule has 1 saturated heterocycles. The Bertz CT molecular complexity index is 1220. The van der Waals surface area contributed by atoms with E-state index in [9.17, 15) is 9.59 Å². The van der Waals surface area contributed by atoms with Gasteiger partial charge in [0.25, 0.3) is 5.91 Å². The van der Waals surface area contributed by atoms with Crippen LogP contribution in [0.15, 0.2) is 54.9 Å². The summed E-state index contributed by atoms with van der Waals surface area (Å²) in [6, 6.07) is 12.1. The van der Waals surface area contributed by atoms with E-state index in [1.807, 2.05) is 12.1 Å². The number of carbonyl (C=O) groups excluding carboxylic acids is 2. The van der Waals surface area contributed by atoms with Crippen molar-refractivity contribution >= 4 is 35.1 Å². The molecule has 0 N–H and O–H groups in total. The molecule has 1 amide bonds. The third-order valence-electron chi connectivity index (χ3n) is 5.42. The Hall–Kier alpha value is -3.16.